The van der Waals surface area contributed by atoms with Crippen LogP contribution in [0.1, 0.15) is 34.5 Å². The molecule has 3 aromatic rings. The molecule has 1 amide bonds. The van der Waals surface area contributed by atoms with E-state index in [1.807, 2.05) is 0 Å². The maximum Gasteiger partial charge on any atom is 0.501 e. The molecule has 39 heavy (non-hydrogen) atoms. The first-order chi connectivity index (χ1) is 18.4. The first-order valence-electron chi connectivity index (χ1n) is 12.0. The average molecular weight is 602 g/mol. The predicted molar refractivity (Wildman–Crippen MR) is 142 cm³/mol. The number of carbonyl (C=O) groups is 1. The lowest BCUT2D eigenvalue weighted by molar-refractivity contribution is -0.0436. The topological polar surface area (TPSA) is 113 Å². The van der Waals surface area contributed by atoms with Crippen LogP contribution in [0.25, 0.3) is 0 Å². The molecule has 0 spiro atoms. The van der Waals surface area contributed by atoms with Crippen LogP contribution in [-0.4, -0.2) is 51.7 Å². The summed E-state index contributed by atoms with van der Waals surface area (Å²) in [7, 11) is -9.26. The lowest BCUT2D eigenvalue weighted by Gasteiger charge is -2.20. The molecule has 2 N–H and O–H groups in total. The highest BCUT2D eigenvalue weighted by molar-refractivity contribution is 7.92. The van der Waals surface area contributed by atoms with Gasteiger partial charge in [-0.15, -0.1) is 11.3 Å². The first-order valence-corrected chi connectivity index (χ1v) is 15.7. The molecule has 14 heteroatoms. The van der Waals surface area contributed by atoms with E-state index in [2.05, 4.69) is 10.6 Å². The second kappa shape index (κ2) is 11.7. The number of rotatable bonds is 8. The molecule has 1 atom stereocenters. The molecule has 1 aliphatic rings. The summed E-state index contributed by atoms with van der Waals surface area (Å²) >= 11 is 1.08. The standard InChI is InChI=1S/C25H26F3N3O5S3/c26-25(27,28)38(33,34)22-10-4-8-20(16-22)30-19-9-5-14-31(15-13-19)39(35,36)23-12-11-21(37-23)17-29-24(32)18-6-2-1-3-7-18/h1-4,6-8,10-12,16,19,30H,5,9,13-15,17H2,(H,29,32). The number of alkyl halides is 3. The fourth-order valence-electron chi connectivity index (χ4n) is 4.16. The number of anilines is 1. The quantitative estimate of drug-likeness (QED) is 0.390. The Morgan fingerprint density at radius 2 is 1.69 bits per heavy atom. The number of sulfonamides is 1. The van der Waals surface area contributed by atoms with E-state index in [-0.39, 0.29) is 41.5 Å². The molecule has 0 radical (unpaired) electrons. The molecule has 8 nitrogen and oxygen atoms in total. The Balaban J connectivity index is 1.37. The van der Waals surface area contributed by atoms with Crippen molar-refractivity contribution in [1.29, 1.82) is 0 Å². The summed E-state index contributed by atoms with van der Waals surface area (Å²) in [5.74, 6) is -0.263. The molecule has 0 bridgehead atoms. The van der Waals surface area contributed by atoms with E-state index in [0.29, 0.717) is 29.7 Å². The summed E-state index contributed by atoms with van der Waals surface area (Å²) in [5, 5.41) is 5.83. The summed E-state index contributed by atoms with van der Waals surface area (Å²) in [5.41, 5.74) is -4.69. The Morgan fingerprint density at radius 3 is 2.41 bits per heavy atom. The van der Waals surface area contributed by atoms with Crippen LogP contribution in [0.4, 0.5) is 18.9 Å². The minimum absolute atomic E-state index is 0.155. The van der Waals surface area contributed by atoms with Gasteiger partial charge >= 0.3 is 5.51 Å². The minimum Gasteiger partial charge on any atom is -0.382 e. The van der Waals surface area contributed by atoms with Gasteiger partial charge in [0.15, 0.2) is 0 Å². The molecule has 2 aromatic carbocycles. The number of hydrogen-bond donors (Lipinski definition) is 2. The van der Waals surface area contributed by atoms with Crippen LogP contribution >= 0.6 is 11.3 Å². The zero-order chi connectivity index (χ0) is 28.3. The van der Waals surface area contributed by atoms with E-state index in [4.69, 9.17) is 0 Å². The van der Waals surface area contributed by atoms with Crippen molar-refractivity contribution in [3.05, 3.63) is 77.2 Å². The third-order valence-corrected chi connectivity index (χ3v) is 11.1. The molecular formula is C25H26F3N3O5S3. The number of hydrogen-bond acceptors (Lipinski definition) is 7. The zero-order valence-corrected chi connectivity index (χ0v) is 23.0. The Hall–Kier alpha value is -2.94. The third kappa shape index (κ3) is 6.80. The Morgan fingerprint density at radius 1 is 0.949 bits per heavy atom. The SMILES string of the molecule is O=C(NCc1ccc(S(=O)(=O)N2CCCC(Nc3cccc(S(=O)(=O)C(F)(F)F)c3)CC2)s1)c1ccccc1. The predicted octanol–water partition coefficient (Wildman–Crippen LogP) is 4.63. The number of nitrogens with one attached hydrogen (secondary N) is 2. The largest absolute Gasteiger partial charge is 0.501 e. The van der Waals surface area contributed by atoms with Gasteiger partial charge < -0.3 is 10.6 Å². The van der Waals surface area contributed by atoms with Crippen molar-refractivity contribution >= 4 is 42.8 Å². The highest BCUT2D eigenvalue weighted by Crippen LogP contribution is 2.32. The van der Waals surface area contributed by atoms with Gasteiger partial charge in [-0.05, 0) is 61.7 Å². The molecule has 1 fully saturated rings. The van der Waals surface area contributed by atoms with Crippen LogP contribution in [0.3, 0.4) is 0 Å². The van der Waals surface area contributed by atoms with Crippen LogP contribution in [0.15, 0.2) is 75.8 Å². The van der Waals surface area contributed by atoms with E-state index >= 15 is 0 Å². The number of sulfone groups is 1. The summed E-state index contributed by atoms with van der Waals surface area (Å²) in [4.78, 5) is 12.1. The van der Waals surface area contributed by atoms with Gasteiger partial charge in [0, 0.05) is 35.3 Å². The van der Waals surface area contributed by atoms with E-state index in [1.165, 1.54) is 22.5 Å². The molecule has 1 aliphatic heterocycles. The van der Waals surface area contributed by atoms with Gasteiger partial charge in [-0.3, -0.25) is 4.79 Å². The third-order valence-electron chi connectivity index (χ3n) is 6.20. The van der Waals surface area contributed by atoms with Crippen LogP contribution in [0.2, 0.25) is 0 Å². The lowest BCUT2D eigenvalue weighted by atomic mass is 10.1. The van der Waals surface area contributed by atoms with Gasteiger partial charge in [-0.1, -0.05) is 24.3 Å². The molecule has 0 saturated carbocycles. The number of halogens is 3. The molecule has 1 saturated heterocycles. The normalized spacial score (nSPS) is 17.4. The fraction of sp³-hybridized carbons (Fsp3) is 0.320. The molecular weight excluding hydrogens is 575 g/mol. The van der Waals surface area contributed by atoms with Crippen molar-refractivity contribution in [2.75, 3.05) is 18.4 Å². The van der Waals surface area contributed by atoms with Crippen molar-refractivity contribution in [3.8, 4) is 0 Å². The smallest absolute Gasteiger partial charge is 0.382 e. The Kier molecular flexibility index (Phi) is 8.69. The van der Waals surface area contributed by atoms with Crippen molar-refractivity contribution in [2.45, 2.75) is 46.5 Å². The minimum atomic E-state index is -5.48. The summed E-state index contributed by atoms with van der Waals surface area (Å²) < 4.78 is 90.3. The molecule has 4 rings (SSSR count). The number of carbonyl (C=O) groups excluding carboxylic acids is 1. The van der Waals surface area contributed by atoms with Crippen molar-refractivity contribution in [3.63, 3.8) is 0 Å². The van der Waals surface area contributed by atoms with Crippen molar-refractivity contribution in [1.82, 2.24) is 9.62 Å². The highest BCUT2D eigenvalue weighted by atomic mass is 32.2. The Labute approximate surface area is 228 Å². The van der Waals surface area contributed by atoms with E-state index < -0.39 is 30.3 Å². The molecule has 1 unspecified atom stereocenters. The van der Waals surface area contributed by atoms with Crippen LogP contribution < -0.4 is 10.6 Å². The second-order valence-corrected chi connectivity index (χ2v) is 14.2. The molecule has 2 heterocycles. The molecule has 0 aliphatic carbocycles. The van der Waals surface area contributed by atoms with E-state index in [0.717, 1.165) is 23.5 Å². The number of benzene rings is 2. The van der Waals surface area contributed by atoms with Crippen molar-refractivity contribution < 1.29 is 34.8 Å². The number of thiophene rings is 1. The van der Waals surface area contributed by atoms with E-state index in [9.17, 15) is 34.8 Å². The maximum atomic E-state index is 13.3. The van der Waals surface area contributed by atoms with Crippen molar-refractivity contribution in [2.24, 2.45) is 0 Å². The number of amides is 1. The summed E-state index contributed by atoms with van der Waals surface area (Å²) in [6.45, 7) is 0.628. The zero-order valence-electron chi connectivity index (χ0n) is 20.5. The van der Waals surface area contributed by atoms with Gasteiger partial charge in [0.2, 0.25) is 0 Å². The maximum absolute atomic E-state index is 13.3. The Bertz CT molecular complexity index is 1520. The van der Waals surface area contributed by atoms with Gasteiger partial charge in [-0.25, -0.2) is 16.8 Å². The fourth-order valence-corrected chi connectivity index (χ4v) is 7.91. The lowest BCUT2D eigenvalue weighted by Crippen LogP contribution is -2.32. The number of nitrogens with zero attached hydrogens (tertiary/aromatic N) is 1. The van der Waals surface area contributed by atoms with Gasteiger partial charge in [0.05, 0.1) is 11.4 Å². The van der Waals surface area contributed by atoms with Crippen LogP contribution in [-0.2, 0) is 26.4 Å². The average Bonchev–Trinajstić information content (AvgIpc) is 3.27. The molecule has 210 valence electrons. The second-order valence-electron chi connectivity index (χ2n) is 8.92. The summed E-state index contributed by atoms with van der Waals surface area (Å²) in [6.07, 6.45) is 1.42. The molecule has 1 aromatic heterocycles. The first kappa shape index (κ1) is 29.1. The van der Waals surface area contributed by atoms with Gasteiger partial charge in [-0.2, -0.15) is 17.5 Å². The summed E-state index contributed by atoms with van der Waals surface area (Å²) in [6, 6.07) is 16.1. The van der Waals surface area contributed by atoms with Gasteiger partial charge in [0.25, 0.3) is 25.8 Å². The van der Waals surface area contributed by atoms with Gasteiger partial charge in [0.1, 0.15) is 4.21 Å². The highest BCUT2D eigenvalue weighted by Gasteiger charge is 2.47. The monoisotopic (exact) mass is 601 g/mol. The van der Waals surface area contributed by atoms with E-state index in [1.54, 1.807) is 36.4 Å². The van der Waals surface area contributed by atoms with Crippen LogP contribution in [0.5, 0.6) is 0 Å². The van der Waals surface area contributed by atoms with Crippen LogP contribution in [0, 0.1) is 0 Å².